The minimum Gasteiger partial charge on any atom is -0.374 e. The summed E-state index contributed by atoms with van der Waals surface area (Å²) in [4.78, 5) is 15.9. The lowest BCUT2D eigenvalue weighted by Gasteiger charge is -2.19. The molecule has 1 heterocycles. The number of hydrogen-bond donors (Lipinski definition) is 1. The highest BCUT2D eigenvalue weighted by molar-refractivity contribution is 5.74. The topological polar surface area (TPSA) is 35.6 Å². The van der Waals surface area contributed by atoms with E-state index < -0.39 is 0 Å². The monoisotopic (exact) mass is 261 g/mol. The molecule has 0 radical (unpaired) electrons. The number of hydrogen-bond acceptors (Lipinski definition) is 2. The molecule has 0 saturated carbocycles. The average molecular weight is 261 g/mol. The molecule has 1 aromatic rings. The quantitative estimate of drug-likeness (QED) is 0.902. The zero-order valence-electron chi connectivity index (χ0n) is 12.1. The Morgan fingerprint density at radius 3 is 2.79 bits per heavy atom. The summed E-state index contributed by atoms with van der Waals surface area (Å²) in [5.41, 5.74) is 3.88. The van der Waals surface area contributed by atoms with Crippen molar-refractivity contribution in [3.8, 4) is 0 Å². The first-order valence-corrected chi connectivity index (χ1v) is 7.01. The molecule has 0 aliphatic carbocycles. The number of benzene rings is 1. The van der Waals surface area contributed by atoms with Gasteiger partial charge in [-0.2, -0.15) is 0 Å². The average Bonchev–Trinajstić information content (AvgIpc) is 2.79. The first kappa shape index (κ1) is 13.7. The number of carbonyl (C=O) groups is 1. The summed E-state index contributed by atoms with van der Waals surface area (Å²) in [6, 6.07) is 6.48. The van der Waals surface area contributed by atoms with Crippen molar-refractivity contribution in [2.75, 3.05) is 31.6 Å². The van der Waals surface area contributed by atoms with Crippen LogP contribution in [0.4, 0.5) is 10.5 Å². The van der Waals surface area contributed by atoms with Crippen molar-refractivity contribution in [3.63, 3.8) is 0 Å². The van der Waals surface area contributed by atoms with Crippen LogP contribution in [-0.4, -0.2) is 37.6 Å². The molecular weight excluding hydrogens is 238 g/mol. The summed E-state index contributed by atoms with van der Waals surface area (Å²) in [6.45, 7) is 7.17. The lowest BCUT2D eigenvalue weighted by atomic mass is 10.1. The molecule has 0 unspecified atom stereocenters. The zero-order chi connectivity index (χ0) is 13.8. The van der Waals surface area contributed by atoms with Gasteiger partial charge in [-0.15, -0.1) is 0 Å². The highest BCUT2D eigenvalue weighted by Gasteiger charge is 2.15. The Balaban J connectivity index is 1.96. The van der Waals surface area contributed by atoms with Gasteiger partial charge in [0.25, 0.3) is 0 Å². The summed E-state index contributed by atoms with van der Waals surface area (Å²) in [6.07, 6.45) is 1.10. The van der Waals surface area contributed by atoms with Crippen molar-refractivity contribution in [1.29, 1.82) is 0 Å². The summed E-state index contributed by atoms with van der Waals surface area (Å²) in [5, 5.41) is 2.98. The standard InChI is InChI=1S/C15H23N3O/c1-4-18(5-2)15(19)16-11-12-6-7-14-13(10-12)8-9-17(14)3/h6-7,10H,4-5,8-9,11H2,1-3H3,(H,16,19). The van der Waals surface area contributed by atoms with Gasteiger partial charge in [-0.1, -0.05) is 12.1 Å². The third kappa shape index (κ3) is 3.00. The molecule has 1 N–H and O–H groups in total. The molecule has 4 heteroatoms. The van der Waals surface area contributed by atoms with Crippen LogP contribution in [0.2, 0.25) is 0 Å². The Kier molecular flexibility index (Phi) is 4.30. The second-order valence-corrected chi connectivity index (χ2v) is 4.97. The van der Waals surface area contributed by atoms with E-state index in [1.54, 1.807) is 4.90 Å². The Labute approximate surface area is 115 Å². The fraction of sp³-hybridized carbons (Fsp3) is 0.533. The van der Waals surface area contributed by atoms with Crippen LogP contribution in [-0.2, 0) is 13.0 Å². The van der Waals surface area contributed by atoms with Crippen LogP contribution in [0.15, 0.2) is 18.2 Å². The number of nitrogens with one attached hydrogen (secondary N) is 1. The van der Waals surface area contributed by atoms with Gasteiger partial charge in [-0.3, -0.25) is 0 Å². The van der Waals surface area contributed by atoms with Crippen LogP contribution >= 0.6 is 0 Å². The molecule has 0 saturated heterocycles. The number of fused-ring (bicyclic) bond motifs is 1. The minimum absolute atomic E-state index is 0.0163. The predicted octanol–water partition coefficient (Wildman–Crippen LogP) is 2.23. The van der Waals surface area contributed by atoms with Gasteiger partial charge in [0.15, 0.2) is 0 Å². The summed E-state index contributed by atoms with van der Waals surface area (Å²) < 4.78 is 0. The Morgan fingerprint density at radius 2 is 2.11 bits per heavy atom. The molecule has 1 aliphatic rings. The van der Waals surface area contributed by atoms with E-state index in [0.717, 1.165) is 26.1 Å². The van der Waals surface area contributed by atoms with Gasteiger partial charge >= 0.3 is 6.03 Å². The van der Waals surface area contributed by atoms with Crippen molar-refractivity contribution < 1.29 is 4.79 Å². The molecule has 0 atom stereocenters. The first-order valence-electron chi connectivity index (χ1n) is 7.01. The van der Waals surface area contributed by atoms with Crippen molar-refractivity contribution in [3.05, 3.63) is 29.3 Å². The van der Waals surface area contributed by atoms with E-state index in [2.05, 4.69) is 35.5 Å². The van der Waals surface area contributed by atoms with Gasteiger partial charge in [-0.05, 0) is 37.5 Å². The SMILES string of the molecule is CCN(CC)C(=O)NCc1ccc2c(c1)CCN2C. The van der Waals surface area contributed by atoms with Crippen molar-refractivity contribution >= 4 is 11.7 Å². The molecule has 2 rings (SSSR count). The number of likely N-dealkylation sites (N-methyl/N-ethyl adjacent to an activating group) is 1. The Bertz CT molecular complexity index is 455. The van der Waals surface area contributed by atoms with Crippen molar-refractivity contribution in [1.82, 2.24) is 10.2 Å². The van der Waals surface area contributed by atoms with Crippen LogP contribution in [0.25, 0.3) is 0 Å². The molecule has 0 spiro atoms. The fourth-order valence-corrected chi connectivity index (χ4v) is 2.53. The molecule has 19 heavy (non-hydrogen) atoms. The van der Waals surface area contributed by atoms with Crippen LogP contribution in [0.5, 0.6) is 0 Å². The van der Waals surface area contributed by atoms with Crippen molar-refractivity contribution in [2.45, 2.75) is 26.8 Å². The number of nitrogens with zero attached hydrogens (tertiary/aromatic N) is 2. The van der Waals surface area contributed by atoms with Gasteiger partial charge in [0, 0.05) is 38.9 Å². The predicted molar refractivity (Wildman–Crippen MR) is 78.6 cm³/mol. The zero-order valence-corrected chi connectivity index (χ0v) is 12.1. The lowest BCUT2D eigenvalue weighted by molar-refractivity contribution is 0.203. The van der Waals surface area contributed by atoms with Crippen LogP contribution in [0.3, 0.4) is 0 Å². The Morgan fingerprint density at radius 1 is 1.37 bits per heavy atom. The highest BCUT2D eigenvalue weighted by Crippen LogP contribution is 2.27. The molecule has 0 bridgehead atoms. The van der Waals surface area contributed by atoms with Gasteiger partial charge in [-0.25, -0.2) is 4.79 Å². The largest absolute Gasteiger partial charge is 0.374 e. The maximum atomic E-state index is 11.9. The van der Waals surface area contributed by atoms with Crippen LogP contribution < -0.4 is 10.2 Å². The molecule has 2 amide bonds. The molecule has 4 nitrogen and oxygen atoms in total. The molecule has 1 aliphatic heterocycles. The van der Waals surface area contributed by atoms with E-state index in [-0.39, 0.29) is 6.03 Å². The number of rotatable bonds is 4. The number of carbonyl (C=O) groups excluding carboxylic acids is 1. The highest BCUT2D eigenvalue weighted by atomic mass is 16.2. The van der Waals surface area contributed by atoms with Gasteiger partial charge < -0.3 is 15.1 Å². The summed E-state index contributed by atoms with van der Waals surface area (Å²) >= 11 is 0. The number of anilines is 1. The number of urea groups is 1. The Hall–Kier alpha value is -1.71. The third-order valence-electron chi connectivity index (χ3n) is 3.77. The van der Waals surface area contributed by atoms with E-state index in [1.165, 1.54) is 16.8 Å². The molecule has 104 valence electrons. The van der Waals surface area contributed by atoms with Crippen LogP contribution in [0, 0.1) is 0 Å². The van der Waals surface area contributed by atoms with Gasteiger partial charge in [0.1, 0.15) is 0 Å². The van der Waals surface area contributed by atoms with Gasteiger partial charge in [0.05, 0.1) is 0 Å². The van der Waals surface area contributed by atoms with Crippen LogP contribution in [0.1, 0.15) is 25.0 Å². The minimum atomic E-state index is 0.0163. The second kappa shape index (κ2) is 5.95. The second-order valence-electron chi connectivity index (χ2n) is 4.97. The van der Waals surface area contributed by atoms with Crippen molar-refractivity contribution in [2.24, 2.45) is 0 Å². The van der Waals surface area contributed by atoms with E-state index in [4.69, 9.17) is 0 Å². The summed E-state index contributed by atoms with van der Waals surface area (Å²) in [5.74, 6) is 0. The fourth-order valence-electron chi connectivity index (χ4n) is 2.53. The van der Waals surface area contributed by atoms with E-state index in [1.807, 2.05) is 13.8 Å². The summed E-state index contributed by atoms with van der Waals surface area (Å²) in [7, 11) is 2.12. The number of amides is 2. The maximum Gasteiger partial charge on any atom is 0.317 e. The smallest absolute Gasteiger partial charge is 0.317 e. The molecule has 0 fully saturated rings. The lowest BCUT2D eigenvalue weighted by Crippen LogP contribution is -2.39. The van der Waals surface area contributed by atoms with E-state index in [9.17, 15) is 4.79 Å². The third-order valence-corrected chi connectivity index (χ3v) is 3.77. The van der Waals surface area contributed by atoms with E-state index >= 15 is 0 Å². The molecular formula is C15H23N3O. The normalized spacial score (nSPS) is 13.3. The van der Waals surface area contributed by atoms with Gasteiger partial charge in [0.2, 0.25) is 0 Å². The first-order chi connectivity index (χ1) is 9.15. The maximum absolute atomic E-state index is 11.9. The van der Waals surface area contributed by atoms with E-state index in [0.29, 0.717) is 6.54 Å². The molecule has 1 aromatic carbocycles. The molecule has 0 aromatic heterocycles.